The maximum atomic E-state index is 12.5. The summed E-state index contributed by atoms with van der Waals surface area (Å²) >= 11 is 0. The van der Waals surface area contributed by atoms with E-state index in [2.05, 4.69) is 40.4 Å². The van der Waals surface area contributed by atoms with Crippen molar-refractivity contribution in [2.75, 3.05) is 45.2 Å². The summed E-state index contributed by atoms with van der Waals surface area (Å²) in [6.45, 7) is 8.17. The molecular formula is C34H52N8O11. The second kappa shape index (κ2) is 26.9. The van der Waals surface area contributed by atoms with Crippen molar-refractivity contribution >= 4 is 47.8 Å². The molecule has 19 heteroatoms. The van der Waals surface area contributed by atoms with Gasteiger partial charge in [-0.15, -0.1) is 0 Å². The number of ether oxygens (including phenoxy) is 3. The molecule has 0 unspecified atom stereocenters. The Morgan fingerprint density at radius 2 is 1.58 bits per heavy atom. The van der Waals surface area contributed by atoms with Gasteiger partial charge in [0, 0.05) is 36.3 Å². The normalized spacial score (nSPS) is 10.7. The number of primary amides is 1. The molecule has 0 fully saturated rings. The lowest BCUT2D eigenvalue weighted by Gasteiger charge is -2.24. The van der Waals surface area contributed by atoms with Gasteiger partial charge < -0.3 is 57.1 Å². The van der Waals surface area contributed by atoms with Gasteiger partial charge in [0.25, 0.3) is 5.69 Å². The molecule has 0 radical (unpaired) electrons. The number of rotatable bonds is 18. The smallest absolute Gasteiger partial charge is 0.445 e. The zero-order valence-corrected chi connectivity index (χ0v) is 30.7. The topological polar surface area (TPSA) is 285 Å². The molecule has 0 spiro atoms. The Balaban J connectivity index is 0.00000213. The first kappa shape index (κ1) is 47.2. The van der Waals surface area contributed by atoms with Crippen molar-refractivity contribution in [3.8, 4) is 5.75 Å². The van der Waals surface area contributed by atoms with Gasteiger partial charge in [-0.1, -0.05) is 46.2 Å². The molecule has 53 heavy (non-hydrogen) atoms. The number of carbonyl (C=O) groups excluding carboxylic acids is 6. The van der Waals surface area contributed by atoms with E-state index in [0.29, 0.717) is 36.9 Å². The number of hydrogen-bond acceptors (Lipinski definition) is 13. The van der Waals surface area contributed by atoms with Gasteiger partial charge in [-0.05, 0) is 49.7 Å². The van der Waals surface area contributed by atoms with E-state index in [1.807, 2.05) is 0 Å². The van der Waals surface area contributed by atoms with Crippen LogP contribution in [0.5, 0.6) is 5.75 Å². The highest BCUT2D eigenvalue weighted by Gasteiger charge is 2.23. The average Bonchev–Trinajstić information content (AvgIpc) is 3.12. The van der Waals surface area contributed by atoms with E-state index in [9.17, 15) is 38.9 Å². The van der Waals surface area contributed by atoms with E-state index in [-0.39, 0.29) is 56.1 Å². The predicted octanol–water partition coefficient (Wildman–Crippen LogP) is 2.71. The number of nitrogens with zero attached hydrogens (tertiary/aromatic N) is 1. The zero-order chi connectivity index (χ0) is 40.2. The molecule has 0 saturated heterocycles. The lowest BCUT2D eigenvalue weighted by atomic mass is 9.95. The molecule has 19 nitrogen and oxygen atoms in total. The maximum absolute atomic E-state index is 12.5. The number of aldehydes is 1. The first-order valence-corrected chi connectivity index (χ1v) is 16.6. The summed E-state index contributed by atoms with van der Waals surface area (Å²) in [6.07, 6.45) is 1.27. The second-order valence-corrected chi connectivity index (χ2v) is 11.8. The number of alkyl carbamates (subject to hydrolysis) is 1. The molecule has 1 atom stereocenters. The molecule has 9 N–H and O–H groups in total. The molecule has 0 heterocycles. The fraction of sp³-hybridized carbons (Fsp3) is 0.471. The fourth-order valence-corrected chi connectivity index (χ4v) is 3.64. The number of anilines is 1. The van der Waals surface area contributed by atoms with Crippen LogP contribution >= 0.6 is 0 Å². The molecule has 2 aromatic carbocycles. The van der Waals surface area contributed by atoms with Crippen LogP contribution in [0.15, 0.2) is 48.5 Å². The largest absolute Gasteiger partial charge is 0.513 e. The standard InChI is InChI=1S/C27H36N6O9.C4H8N2O2.C3H8/c1-27(2,17-41-26(37)42-21-12-10-20(11-13-21)33(38)39)16-31-25(36)40-15-18-6-8-19(9-7-18)32-23(34)22(29-3)5-4-14-30-24(28)35;5-3-4(8)6-1-2-7;1-3-2/h6-13,22,29H,4-5,14-17H2,1-3H3,(H,31,36)(H,32,34)(H3,28,30,35);2H,1,3,5H2,(H,6,8);3H2,1-2H3/t22-;;/m0../s1. The quantitative estimate of drug-likeness (QED) is 0.0289. The van der Waals surface area contributed by atoms with Crippen LogP contribution in [0.4, 0.5) is 25.8 Å². The number of benzene rings is 2. The number of urea groups is 1. The van der Waals surface area contributed by atoms with Gasteiger partial charge in [0.05, 0.1) is 24.1 Å². The van der Waals surface area contributed by atoms with E-state index in [1.165, 1.54) is 30.7 Å². The number of nitrogens with one attached hydrogen (secondary N) is 5. The summed E-state index contributed by atoms with van der Waals surface area (Å²) in [5.74, 6) is -0.447. The number of nitro groups is 1. The number of amides is 5. The molecule has 0 aromatic heterocycles. The van der Waals surface area contributed by atoms with Crippen molar-refractivity contribution in [3.05, 3.63) is 64.2 Å². The van der Waals surface area contributed by atoms with E-state index < -0.39 is 34.7 Å². The molecule has 0 aliphatic carbocycles. The number of hydrogen-bond donors (Lipinski definition) is 7. The third-order valence-corrected chi connectivity index (χ3v) is 6.33. The van der Waals surface area contributed by atoms with Crippen LogP contribution < -0.4 is 42.8 Å². The van der Waals surface area contributed by atoms with Gasteiger partial charge in [0.15, 0.2) is 0 Å². The minimum absolute atomic E-state index is 0.00937. The Bertz CT molecular complexity index is 1440. The Labute approximate surface area is 308 Å². The van der Waals surface area contributed by atoms with Crippen LogP contribution in [0.1, 0.15) is 52.5 Å². The molecule has 0 saturated carbocycles. The van der Waals surface area contributed by atoms with E-state index in [0.717, 1.165) is 0 Å². The SMILES string of the molecule is CCC.CN[C@@H](CCCNC(N)=O)C(=O)Nc1ccc(COC(=O)NCC(C)(C)COC(=O)Oc2ccc([N+](=O)[O-])cc2)cc1.NCC(=O)NCC=O. The van der Waals surface area contributed by atoms with E-state index in [1.54, 1.807) is 45.2 Å². The van der Waals surface area contributed by atoms with Crippen LogP contribution in [0, 0.1) is 15.5 Å². The van der Waals surface area contributed by atoms with Crippen molar-refractivity contribution in [1.82, 2.24) is 21.3 Å². The molecule has 5 amide bonds. The third-order valence-electron chi connectivity index (χ3n) is 6.33. The Morgan fingerprint density at radius 1 is 0.962 bits per heavy atom. The Kier molecular flexibility index (Phi) is 24.0. The molecular weight excluding hydrogens is 696 g/mol. The molecule has 0 aliphatic heterocycles. The highest BCUT2D eigenvalue weighted by atomic mass is 16.7. The number of non-ortho nitro benzene ring substituents is 1. The third kappa shape index (κ3) is 23.3. The molecule has 294 valence electrons. The number of nitro benzene ring substituents is 1. The maximum Gasteiger partial charge on any atom is 0.513 e. The predicted molar refractivity (Wildman–Crippen MR) is 196 cm³/mol. The van der Waals surface area contributed by atoms with Crippen LogP contribution in [0.3, 0.4) is 0 Å². The molecule has 0 bridgehead atoms. The highest BCUT2D eigenvalue weighted by Crippen LogP contribution is 2.19. The number of nitrogens with two attached hydrogens (primary N) is 2. The van der Waals surface area contributed by atoms with Gasteiger partial charge in [-0.3, -0.25) is 19.7 Å². The highest BCUT2D eigenvalue weighted by molar-refractivity contribution is 5.94. The first-order chi connectivity index (χ1) is 25.1. The van der Waals surface area contributed by atoms with Crippen LogP contribution in [-0.4, -0.2) is 87.2 Å². The van der Waals surface area contributed by atoms with Crippen LogP contribution in [-0.2, 0) is 30.5 Å². The van der Waals surface area contributed by atoms with Crippen LogP contribution in [0.2, 0.25) is 0 Å². The monoisotopic (exact) mass is 748 g/mol. The van der Waals surface area contributed by atoms with Gasteiger partial charge in [0.2, 0.25) is 11.8 Å². The summed E-state index contributed by atoms with van der Waals surface area (Å²) in [4.78, 5) is 77.2. The second-order valence-electron chi connectivity index (χ2n) is 11.8. The average molecular weight is 749 g/mol. The van der Waals surface area contributed by atoms with E-state index in [4.69, 9.17) is 25.7 Å². The summed E-state index contributed by atoms with van der Waals surface area (Å²) in [6, 6.07) is 10.7. The van der Waals surface area contributed by atoms with Crippen molar-refractivity contribution in [2.24, 2.45) is 16.9 Å². The van der Waals surface area contributed by atoms with Gasteiger partial charge in [-0.25, -0.2) is 14.4 Å². The summed E-state index contributed by atoms with van der Waals surface area (Å²) in [5, 5.41) is 23.8. The molecule has 0 aliphatic rings. The summed E-state index contributed by atoms with van der Waals surface area (Å²) in [5.41, 5.74) is 10.4. The van der Waals surface area contributed by atoms with Gasteiger partial charge in [-0.2, -0.15) is 0 Å². The van der Waals surface area contributed by atoms with Gasteiger partial charge >= 0.3 is 18.3 Å². The Hall–Kier alpha value is -5.82. The lowest BCUT2D eigenvalue weighted by molar-refractivity contribution is -0.384. The summed E-state index contributed by atoms with van der Waals surface area (Å²) in [7, 11) is 1.67. The number of likely N-dealkylation sites (N-methyl/N-ethyl adjacent to an activating group) is 1. The fourth-order valence-electron chi connectivity index (χ4n) is 3.64. The Morgan fingerprint density at radius 3 is 2.11 bits per heavy atom. The van der Waals surface area contributed by atoms with E-state index >= 15 is 0 Å². The van der Waals surface area contributed by atoms with Crippen molar-refractivity contribution in [1.29, 1.82) is 0 Å². The molecule has 2 rings (SSSR count). The first-order valence-electron chi connectivity index (χ1n) is 16.6. The van der Waals surface area contributed by atoms with Crippen LogP contribution in [0.25, 0.3) is 0 Å². The summed E-state index contributed by atoms with van der Waals surface area (Å²) < 4.78 is 15.3. The van der Waals surface area contributed by atoms with Crippen molar-refractivity contribution in [3.63, 3.8) is 0 Å². The van der Waals surface area contributed by atoms with Crippen molar-refractivity contribution in [2.45, 2.75) is 59.6 Å². The molecule has 2 aromatic rings. The van der Waals surface area contributed by atoms with Gasteiger partial charge in [0.1, 0.15) is 25.2 Å². The minimum Gasteiger partial charge on any atom is -0.445 e. The number of carbonyl (C=O) groups is 6. The van der Waals surface area contributed by atoms with Crippen molar-refractivity contribution < 1.29 is 47.9 Å². The minimum atomic E-state index is -0.988. The lowest BCUT2D eigenvalue weighted by Crippen LogP contribution is -2.39. The zero-order valence-electron chi connectivity index (χ0n) is 30.7.